The predicted octanol–water partition coefficient (Wildman–Crippen LogP) is 4.23. The van der Waals surface area contributed by atoms with E-state index in [2.05, 4.69) is 0 Å². The molecule has 0 saturated carbocycles. The van der Waals surface area contributed by atoms with Gasteiger partial charge in [0.2, 0.25) is 15.9 Å². The van der Waals surface area contributed by atoms with Crippen molar-refractivity contribution in [3.8, 4) is 5.75 Å². The van der Waals surface area contributed by atoms with Crippen molar-refractivity contribution in [2.75, 3.05) is 32.8 Å². The minimum Gasteiger partial charge on any atom is -0.494 e. The van der Waals surface area contributed by atoms with Crippen LogP contribution >= 0.6 is 0 Å². The van der Waals surface area contributed by atoms with Crippen LogP contribution in [0.2, 0.25) is 0 Å². The highest BCUT2D eigenvalue weighted by molar-refractivity contribution is 7.89. The maximum absolute atomic E-state index is 13.1. The number of carbonyl (C=O) groups excluding carboxylic acids is 1. The number of sulfonamides is 1. The molecule has 1 saturated heterocycles. The predicted molar refractivity (Wildman–Crippen MR) is 130 cm³/mol. The number of rotatable bonds is 8. The van der Waals surface area contributed by atoms with E-state index < -0.39 is 10.0 Å². The molecule has 0 aliphatic carbocycles. The second kappa shape index (κ2) is 10.4. The van der Waals surface area contributed by atoms with Gasteiger partial charge in [-0.15, -0.1) is 0 Å². The van der Waals surface area contributed by atoms with E-state index in [1.807, 2.05) is 61.5 Å². The summed E-state index contributed by atoms with van der Waals surface area (Å²) in [5.74, 6) is 0.929. The molecule has 3 aromatic rings. The lowest BCUT2D eigenvalue weighted by molar-refractivity contribution is -0.132. The van der Waals surface area contributed by atoms with Crippen molar-refractivity contribution in [3.63, 3.8) is 0 Å². The highest BCUT2D eigenvalue weighted by Crippen LogP contribution is 2.23. The Kier molecular flexibility index (Phi) is 7.30. The lowest BCUT2D eigenvalue weighted by atomic mass is 10.1. The van der Waals surface area contributed by atoms with Crippen LogP contribution in [0.3, 0.4) is 0 Å². The van der Waals surface area contributed by atoms with Gasteiger partial charge in [-0.25, -0.2) is 8.42 Å². The molecule has 0 unspecified atom stereocenters. The number of ether oxygens (including phenoxy) is 1. The van der Waals surface area contributed by atoms with Gasteiger partial charge >= 0.3 is 0 Å². The fraction of sp³-hybridized carbons (Fsp3) is 0.346. The fourth-order valence-electron chi connectivity index (χ4n) is 4.09. The number of nitrogens with zero attached hydrogens (tertiary/aromatic N) is 2. The molecule has 7 heteroatoms. The average molecular weight is 467 g/mol. The smallest absolute Gasteiger partial charge is 0.243 e. The first-order chi connectivity index (χ1) is 15.9. The Morgan fingerprint density at radius 2 is 1.64 bits per heavy atom. The highest BCUT2D eigenvalue weighted by atomic mass is 32.2. The first-order valence-corrected chi connectivity index (χ1v) is 12.8. The average Bonchev–Trinajstić information content (AvgIpc) is 2.83. The molecule has 4 rings (SSSR count). The number of piperazine rings is 1. The van der Waals surface area contributed by atoms with Crippen LogP contribution in [0.15, 0.2) is 71.6 Å². The first-order valence-electron chi connectivity index (χ1n) is 11.4. The standard InChI is InChI=1S/C26H30N2O4S/c1-21-7-6-10-24(19-21)32-18-5-4-11-26(29)27-14-16-28(17-15-27)33(30,31)25-13-12-22-8-2-3-9-23(22)20-25/h2-3,6-10,12-13,19-20H,4-5,11,14-18H2,1H3. The third kappa shape index (κ3) is 5.72. The normalized spacial score (nSPS) is 15.0. The largest absolute Gasteiger partial charge is 0.494 e. The number of aryl methyl sites for hydroxylation is 1. The Hall–Kier alpha value is -2.90. The van der Waals surface area contributed by atoms with Gasteiger partial charge in [0.1, 0.15) is 5.75 Å². The quantitative estimate of drug-likeness (QED) is 0.466. The van der Waals surface area contributed by atoms with Crippen molar-refractivity contribution in [2.45, 2.75) is 31.1 Å². The molecular formula is C26H30N2O4S. The monoisotopic (exact) mass is 466 g/mol. The molecule has 1 fully saturated rings. The topological polar surface area (TPSA) is 66.9 Å². The van der Waals surface area contributed by atoms with E-state index in [0.29, 0.717) is 44.1 Å². The first kappa shape index (κ1) is 23.3. The van der Waals surface area contributed by atoms with Crippen molar-refractivity contribution >= 4 is 26.7 Å². The van der Waals surface area contributed by atoms with Crippen molar-refractivity contribution in [1.29, 1.82) is 0 Å². The molecule has 0 bridgehead atoms. The van der Waals surface area contributed by atoms with Gasteiger partial charge in [-0.05, 0) is 60.4 Å². The van der Waals surface area contributed by atoms with Crippen LogP contribution in [0, 0.1) is 6.92 Å². The molecule has 0 radical (unpaired) electrons. The van der Waals surface area contributed by atoms with Gasteiger partial charge in [-0.2, -0.15) is 4.31 Å². The van der Waals surface area contributed by atoms with E-state index in [9.17, 15) is 13.2 Å². The van der Waals surface area contributed by atoms with E-state index in [0.717, 1.165) is 34.9 Å². The molecular weight excluding hydrogens is 436 g/mol. The summed E-state index contributed by atoms with van der Waals surface area (Å²) in [6.07, 6.45) is 2.00. The summed E-state index contributed by atoms with van der Waals surface area (Å²) in [7, 11) is -3.58. The van der Waals surface area contributed by atoms with Gasteiger partial charge in [0.15, 0.2) is 0 Å². The fourth-order valence-corrected chi connectivity index (χ4v) is 5.54. The van der Waals surface area contributed by atoms with E-state index in [4.69, 9.17) is 4.74 Å². The Balaban J connectivity index is 1.23. The molecule has 0 spiro atoms. The Labute approximate surface area is 195 Å². The van der Waals surface area contributed by atoms with Gasteiger partial charge < -0.3 is 9.64 Å². The van der Waals surface area contributed by atoms with Crippen molar-refractivity contribution in [3.05, 3.63) is 72.3 Å². The number of hydrogen-bond donors (Lipinski definition) is 0. The molecule has 0 N–H and O–H groups in total. The molecule has 33 heavy (non-hydrogen) atoms. The maximum Gasteiger partial charge on any atom is 0.243 e. The van der Waals surface area contributed by atoms with Gasteiger partial charge in [-0.3, -0.25) is 4.79 Å². The SMILES string of the molecule is Cc1cccc(OCCCCC(=O)N2CCN(S(=O)(=O)c3ccc4ccccc4c3)CC2)c1. The van der Waals surface area contributed by atoms with Crippen LogP contribution in [0.1, 0.15) is 24.8 Å². The summed E-state index contributed by atoms with van der Waals surface area (Å²) in [6.45, 7) is 4.08. The maximum atomic E-state index is 13.1. The van der Waals surface area contributed by atoms with Crippen LogP contribution in [0.25, 0.3) is 10.8 Å². The second-order valence-electron chi connectivity index (χ2n) is 8.42. The number of benzene rings is 3. The molecule has 6 nitrogen and oxygen atoms in total. The van der Waals surface area contributed by atoms with Gasteiger partial charge in [0.25, 0.3) is 0 Å². The summed E-state index contributed by atoms with van der Waals surface area (Å²) in [6, 6.07) is 20.9. The van der Waals surface area contributed by atoms with E-state index in [1.54, 1.807) is 17.0 Å². The van der Waals surface area contributed by atoms with Crippen molar-refractivity contribution in [2.24, 2.45) is 0 Å². The Bertz CT molecular complexity index is 1220. The number of carbonyl (C=O) groups is 1. The van der Waals surface area contributed by atoms with Crippen LogP contribution in [0.5, 0.6) is 5.75 Å². The molecule has 3 aromatic carbocycles. The Morgan fingerprint density at radius 3 is 2.39 bits per heavy atom. The number of fused-ring (bicyclic) bond motifs is 1. The van der Waals surface area contributed by atoms with Gasteiger partial charge in [-0.1, -0.05) is 42.5 Å². The molecule has 0 atom stereocenters. The zero-order valence-corrected chi connectivity index (χ0v) is 19.8. The summed E-state index contributed by atoms with van der Waals surface area (Å²) < 4.78 is 33.4. The summed E-state index contributed by atoms with van der Waals surface area (Å²) in [5.41, 5.74) is 1.16. The molecule has 1 aliphatic heterocycles. The molecule has 1 amide bonds. The molecule has 1 heterocycles. The lowest BCUT2D eigenvalue weighted by Gasteiger charge is -2.34. The summed E-state index contributed by atoms with van der Waals surface area (Å²) >= 11 is 0. The molecule has 0 aromatic heterocycles. The van der Waals surface area contributed by atoms with E-state index in [1.165, 1.54) is 4.31 Å². The molecule has 1 aliphatic rings. The number of hydrogen-bond acceptors (Lipinski definition) is 4. The van der Waals surface area contributed by atoms with Crippen molar-refractivity contribution in [1.82, 2.24) is 9.21 Å². The minimum absolute atomic E-state index is 0.0771. The third-order valence-corrected chi connectivity index (χ3v) is 7.89. The summed E-state index contributed by atoms with van der Waals surface area (Å²) in [5, 5.41) is 1.91. The second-order valence-corrected chi connectivity index (χ2v) is 10.4. The zero-order chi connectivity index (χ0) is 23.3. The van der Waals surface area contributed by atoms with Crippen LogP contribution in [-0.4, -0.2) is 56.3 Å². The van der Waals surface area contributed by atoms with Crippen LogP contribution in [-0.2, 0) is 14.8 Å². The number of unbranched alkanes of at least 4 members (excludes halogenated alkanes) is 1. The molecule has 174 valence electrons. The van der Waals surface area contributed by atoms with E-state index >= 15 is 0 Å². The van der Waals surface area contributed by atoms with Gasteiger partial charge in [0, 0.05) is 32.6 Å². The van der Waals surface area contributed by atoms with Gasteiger partial charge in [0.05, 0.1) is 11.5 Å². The zero-order valence-electron chi connectivity index (χ0n) is 18.9. The summed E-state index contributed by atoms with van der Waals surface area (Å²) in [4.78, 5) is 14.6. The van der Waals surface area contributed by atoms with Crippen molar-refractivity contribution < 1.29 is 17.9 Å². The minimum atomic E-state index is -3.58. The van der Waals surface area contributed by atoms with Crippen LogP contribution < -0.4 is 4.74 Å². The highest BCUT2D eigenvalue weighted by Gasteiger charge is 2.30. The lowest BCUT2D eigenvalue weighted by Crippen LogP contribution is -2.50. The van der Waals surface area contributed by atoms with E-state index in [-0.39, 0.29) is 5.91 Å². The van der Waals surface area contributed by atoms with Crippen LogP contribution in [0.4, 0.5) is 0 Å². The number of amides is 1. The Morgan fingerprint density at radius 1 is 0.879 bits per heavy atom. The third-order valence-electron chi connectivity index (χ3n) is 5.99.